The fourth-order valence-corrected chi connectivity index (χ4v) is 1.52. The van der Waals surface area contributed by atoms with Gasteiger partial charge >= 0.3 is 5.97 Å². The highest BCUT2D eigenvalue weighted by Gasteiger charge is 2.14. The first-order chi connectivity index (χ1) is 8.15. The van der Waals surface area contributed by atoms with Crippen molar-refractivity contribution >= 4 is 16.9 Å². The van der Waals surface area contributed by atoms with Gasteiger partial charge in [0.25, 0.3) is 0 Å². The summed E-state index contributed by atoms with van der Waals surface area (Å²) >= 11 is 0. The Balaban J connectivity index is 0.000000686. The van der Waals surface area contributed by atoms with E-state index in [-0.39, 0.29) is 5.56 Å². The number of benzene rings is 1. The van der Waals surface area contributed by atoms with Crippen LogP contribution in [0.3, 0.4) is 0 Å². The molecule has 5 nitrogen and oxygen atoms in total. The predicted octanol–water partition coefficient (Wildman–Crippen LogP) is 2.17. The monoisotopic (exact) mass is 231 g/mol. The minimum absolute atomic E-state index is 0.115. The largest absolute Gasteiger partial charge is 0.478 e. The van der Waals surface area contributed by atoms with Crippen molar-refractivity contribution in [1.29, 1.82) is 5.26 Å². The summed E-state index contributed by atoms with van der Waals surface area (Å²) in [6.07, 6.45) is 0. The van der Waals surface area contributed by atoms with Gasteiger partial charge in [-0.15, -0.1) is 0 Å². The average Bonchev–Trinajstić information content (AvgIpc) is 2.66. The van der Waals surface area contributed by atoms with Gasteiger partial charge in [0.1, 0.15) is 17.3 Å². The van der Waals surface area contributed by atoms with Crippen LogP contribution in [0.5, 0.6) is 0 Å². The molecule has 0 radical (unpaired) electrons. The third kappa shape index (κ3) is 2.11. The van der Waals surface area contributed by atoms with Gasteiger partial charge in [0.2, 0.25) is 0 Å². The van der Waals surface area contributed by atoms with Gasteiger partial charge in [-0.25, -0.2) is 4.79 Å². The summed E-state index contributed by atoms with van der Waals surface area (Å²) in [5, 5.41) is 22.4. The molecule has 5 heteroatoms. The number of carboxylic acids is 1. The molecule has 1 N–H and O–H groups in total. The third-order valence-corrected chi connectivity index (χ3v) is 2.20. The van der Waals surface area contributed by atoms with Crippen molar-refractivity contribution in [2.75, 3.05) is 0 Å². The minimum Gasteiger partial charge on any atom is -0.478 e. The van der Waals surface area contributed by atoms with Gasteiger partial charge in [0, 0.05) is 12.4 Å². The number of carboxylic acid groups (broad SMARTS) is 1. The zero-order valence-electron chi connectivity index (χ0n) is 9.93. The van der Waals surface area contributed by atoms with Gasteiger partial charge in [-0.2, -0.15) is 10.4 Å². The van der Waals surface area contributed by atoms with E-state index < -0.39 is 5.97 Å². The molecule has 2 rings (SSSR count). The average molecular weight is 231 g/mol. The molecule has 88 valence electrons. The van der Waals surface area contributed by atoms with Crippen LogP contribution in [0.4, 0.5) is 0 Å². The van der Waals surface area contributed by atoms with E-state index in [4.69, 9.17) is 10.4 Å². The second kappa shape index (κ2) is 5.12. The Morgan fingerprint density at radius 2 is 2.12 bits per heavy atom. The maximum atomic E-state index is 10.9. The number of hydrogen-bond acceptors (Lipinski definition) is 3. The van der Waals surface area contributed by atoms with Crippen molar-refractivity contribution in [3.05, 3.63) is 29.5 Å². The number of hydrogen-bond donors (Lipinski definition) is 1. The second-order valence-corrected chi connectivity index (χ2v) is 3.09. The van der Waals surface area contributed by atoms with Crippen LogP contribution in [0, 0.1) is 11.3 Å². The summed E-state index contributed by atoms with van der Waals surface area (Å²) in [5.41, 5.74) is 0.835. The molecule has 2 aromatic rings. The minimum atomic E-state index is -1.04. The van der Waals surface area contributed by atoms with Crippen molar-refractivity contribution in [3.63, 3.8) is 0 Å². The molecule has 0 fully saturated rings. The van der Waals surface area contributed by atoms with E-state index in [1.54, 1.807) is 19.2 Å². The highest BCUT2D eigenvalue weighted by Crippen LogP contribution is 2.20. The summed E-state index contributed by atoms with van der Waals surface area (Å²) in [6, 6.07) is 6.76. The maximum Gasteiger partial charge on any atom is 0.337 e. The Morgan fingerprint density at radius 3 is 2.65 bits per heavy atom. The number of aryl methyl sites for hydroxylation is 1. The summed E-state index contributed by atoms with van der Waals surface area (Å²) < 4.78 is 1.39. The van der Waals surface area contributed by atoms with Gasteiger partial charge in [-0.1, -0.05) is 19.9 Å². The smallest absolute Gasteiger partial charge is 0.337 e. The Hall–Kier alpha value is -2.35. The van der Waals surface area contributed by atoms with E-state index in [2.05, 4.69) is 5.10 Å². The van der Waals surface area contributed by atoms with E-state index in [9.17, 15) is 4.79 Å². The summed E-state index contributed by atoms with van der Waals surface area (Å²) in [4.78, 5) is 10.9. The fraction of sp³-hybridized carbons (Fsp3) is 0.250. The second-order valence-electron chi connectivity index (χ2n) is 3.09. The molecule has 0 aliphatic rings. The van der Waals surface area contributed by atoms with Crippen LogP contribution < -0.4 is 0 Å². The van der Waals surface area contributed by atoms with Gasteiger partial charge in [-0.05, 0) is 12.1 Å². The van der Waals surface area contributed by atoms with Crippen LogP contribution >= 0.6 is 0 Å². The molecular weight excluding hydrogens is 218 g/mol. The normalized spacial score (nSPS) is 9.29. The van der Waals surface area contributed by atoms with Gasteiger partial charge in [0.05, 0.1) is 5.56 Å². The number of rotatable bonds is 1. The lowest BCUT2D eigenvalue weighted by Crippen LogP contribution is -1.97. The van der Waals surface area contributed by atoms with Gasteiger partial charge in [-0.3, -0.25) is 4.68 Å². The van der Waals surface area contributed by atoms with Crippen molar-refractivity contribution in [2.45, 2.75) is 13.8 Å². The third-order valence-electron chi connectivity index (χ3n) is 2.20. The van der Waals surface area contributed by atoms with Crippen molar-refractivity contribution < 1.29 is 9.90 Å². The number of fused-ring (bicyclic) bond motifs is 1. The lowest BCUT2D eigenvalue weighted by molar-refractivity contribution is 0.0699. The first-order valence-electron chi connectivity index (χ1n) is 5.24. The van der Waals surface area contributed by atoms with Crippen molar-refractivity contribution in [2.24, 2.45) is 7.05 Å². The molecule has 0 saturated heterocycles. The van der Waals surface area contributed by atoms with E-state index >= 15 is 0 Å². The lowest BCUT2D eigenvalue weighted by Gasteiger charge is -1.93. The SMILES string of the molecule is CC.Cn1nc2c(C(=O)O)cccc2c1C#N. The molecule has 0 aliphatic heterocycles. The van der Waals surface area contributed by atoms with Crippen molar-refractivity contribution in [3.8, 4) is 6.07 Å². The Kier molecular flexibility index (Phi) is 3.83. The number of nitriles is 1. The van der Waals surface area contributed by atoms with Gasteiger partial charge < -0.3 is 5.11 Å². The van der Waals surface area contributed by atoms with Crippen LogP contribution in [0.2, 0.25) is 0 Å². The molecule has 1 aromatic heterocycles. The molecule has 0 unspecified atom stereocenters. The lowest BCUT2D eigenvalue weighted by atomic mass is 10.1. The quantitative estimate of drug-likeness (QED) is 0.815. The highest BCUT2D eigenvalue weighted by atomic mass is 16.4. The molecule has 0 atom stereocenters. The van der Waals surface area contributed by atoms with Crippen LogP contribution in [0.25, 0.3) is 10.9 Å². The molecule has 17 heavy (non-hydrogen) atoms. The maximum absolute atomic E-state index is 10.9. The molecule has 0 amide bonds. The predicted molar refractivity (Wildman–Crippen MR) is 63.7 cm³/mol. The van der Waals surface area contributed by atoms with E-state index in [0.717, 1.165) is 0 Å². The molecule has 0 bridgehead atoms. The van der Waals surface area contributed by atoms with Gasteiger partial charge in [0.15, 0.2) is 0 Å². The first-order valence-corrected chi connectivity index (χ1v) is 5.24. The molecule has 1 aromatic carbocycles. The van der Waals surface area contributed by atoms with Crippen LogP contribution in [0.15, 0.2) is 18.2 Å². The van der Waals surface area contributed by atoms with Crippen molar-refractivity contribution in [1.82, 2.24) is 9.78 Å². The number of aromatic carboxylic acids is 1. The van der Waals surface area contributed by atoms with Crippen LogP contribution in [0.1, 0.15) is 29.9 Å². The summed E-state index contributed by atoms with van der Waals surface area (Å²) in [5.74, 6) is -1.04. The zero-order chi connectivity index (χ0) is 13.0. The van der Waals surface area contributed by atoms with E-state index in [0.29, 0.717) is 16.6 Å². The number of nitrogens with zero attached hydrogens (tertiary/aromatic N) is 3. The molecule has 1 heterocycles. The van der Waals surface area contributed by atoms with E-state index in [1.165, 1.54) is 10.7 Å². The summed E-state index contributed by atoms with van der Waals surface area (Å²) in [6.45, 7) is 4.00. The Labute approximate surface area is 98.9 Å². The molecular formula is C12H13N3O2. The van der Waals surface area contributed by atoms with Crippen LogP contribution in [-0.2, 0) is 7.05 Å². The van der Waals surface area contributed by atoms with Crippen LogP contribution in [-0.4, -0.2) is 20.9 Å². The summed E-state index contributed by atoms with van der Waals surface area (Å²) in [7, 11) is 1.62. The first kappa shape index (κ1) is 12.7. The zero-order valence-corrected chi connectivity index (χ0v) is 9.93. The topological polar surface area (TPSA) is 78.9 Å². The highest BCUT2D eigenvalue weighted by molar-refractivity contribution is 6.03. The number of carbonyl (C=O) groups is 1. The molecule has 0 aliphatic carbocycles. The van der Waals surface area contributed by atoms with E-state index in [1.807, 2.05) is 19.9 Å². The Morgan fingerprint density at radius 1 is 1.47 bits per heavy atom. The fourth-order valence-electron chi connectivity index (χ4n) is 1.52. The Bertz CT molecular complexity index is 594. The standard InChI is InChI=1S/C10H7N3O2.C2H6/c1-13-8(5-11)6-3-2-4-7(10(14)15)9(6)12-13;1-2/h2-4H,1H3,(H,14,15);1-2H3. The molecule has 0 saturated carbocycles. The molecule has 0 spiro atoms. The number of aromatic nitrogens is 2.